The lowest BCUT2D eigenvalue weighted by Crippen LogP contribution is -2.39. The molecule has 0 amide bonds. The molecule has 0 spiro atoms. The van der Waals surface area contributed by atoms with Crippen LogP contribution in [-0.4, -0.2) is 24.4 Å². The molecule has 2 rings (SSSR count). The van der Waals surface area contributed by atoms with Gasteiger partial charge in [-0.05, 0) is 25.3 Å². The summed E-state index contributed by atoms with van der Waals surface area (Å²) in [4.78, 5) is 0. The zero-order chi connectivity index (χ0) is 13.7. The zero-order valence-electron chi connectivity index (χ0n) is 12.0. The summed E-state index contributed by atoms with van der Waals surface area (Å²) in [6.07, 6.45) is 5.11. The summed E-state index contributed by atoms with van der Waals surface area (Å²) in [7, 11) is 1.70. The first kappa shape index (κ1) is 14.4. The van der Waals surface area contributed by atoms with Crippen LogP contribution in [0.5, 0.6) is 5.75 Å². The first-order valence-corrected chi connectivity index (χ1v) is 7.27. The van der Waals surface area contributed by atoms with Gasteiger partial charge in [-0.2, -0.15) is 0 Å². The van der Waals surface area contributed by atoms with Gasteiger partial charge in [0.2, 0.25) is 0 Å². The van der Waals surface area contributed by atoms with Crippen molar-refractivity contribution in [2.45, 2.75) is 50.7 Å². The van der Waals surface area contributed by atoms with Gasteiger partial charge in [-0.1, -0.05) is 38.0 Å². The van der Waals surface area contributed by atoms with Gasteiger partial charge in [-0.3, -0.25) is 0 Å². The molecule has 1 fully saturated rings. The lowest BCUT2D eigenvalue weighted by atomic mass is 9.99. The van der Waals surface area contributed by atoms with Crippen molar-refractivity contribution in [3.63, 3.8) is 0 Å². The molecular formula is C16H25NO2. The fourth-order valence-electron chi connectivity index (χ4n) is 2.95. The quantitative estimate of drug-likeness (QED) is 0.829. The predicted octanol–water partition coefficient (Wildman–Crippen LogP) is 3.04. The van der Waals surface area contributed by atoms with Crippen LogP contribution in [0.25, 0.3) is 0 Å². The molecule has 0 heterocycles. The fraction of sp³-hybridized carbons (Fsp3) is 0.625. The molecular weight excluding hydrogens is 238 g/mol. The van der Waals surface area contributed by atoms with Crippen LogP contribution in [0.4, 0.5) is 0 Å². The summed E-state index contributed by atoms with van der Waals surface area (Å²) < 4.78 is 5.42. The van der Waals surface area contributed by atoms with Crippen molar-refractivity contribution >= 4 is 0 Å². The van der Waals surface area contributed by atoms with Gasteiger partial charge < -0.3 is 15.2 Å². The molecule has 1 aromatic rings. The largest absolute Gasteiger partial charge is 0.496 e. The van der Waals surface area contributed by atoms with Crippen molar-refractivity contribution < 1.29 is 9.84 Å². The zero-order valence-corrected chi connectivity index (χ0v) is 12.0. The Balaban J connectivity index is 2.03. The molecule has 19 heavy (non-hydrogen) atoms. The number of methoxy groups -OCH3 is 1. The lowest BCUT2D eigenvalue weighted by Gasteiger charge is -2.27. The molecule has 3 heteroatoms. The number of para-hydroxylation sites is 1. The van der Waals surface area contributed by atoms with Gasteiger partial charge in [0.1, 0.15) is 5.75 Å². The van der Waals surface area contributed by atoms with Crippen LogP contribution in [0.2, 0.25) is 0 Å². The third-order valence-corrected chi connectivity index (χ3v) is 4.13. The Hall–Kier alpha value is -1.06. The topological polar surface area (TPSA) is 41.5 Å². The van der Waals surface area contributed by atoms with Crippen molar-refractivity contribution in [2.75, 3.05) is 13.7 Å². The summed E-state index contributed by atoms with van der Waals surface area (Å²) in [5, 5.41) is 13.9. The SMILES string of the molecule is CCC(NCC1(O)CCCC1)c1ccccc1OC. The maximum Gasteiger partial charge on any atom is 0.123 e. The summed E-state index contributed by atoms with van der Waals surface area (Å²) in [6, 6.07) is 8.34. The molecule has 0 bridgehead atoms. The number of aliphatic hydroxyl groups is 1. The van der Waals surface area contributed by atoms with E-state index in [1.54, 1.807) is 7.11 Å². The van der Waals surface area contributed by atoms with Gasteiger partial charge in [-0.25, -0.2) is 0 Å². The monoisotopic (exact) mass is 263 g/mol. The second-order valence-corrected chi connectivity index (χ2v) is 5.52. The fourth-order valence-corrected chi connectivity index (χ4v) is 2.95. The van der Waals surface area contributed by atoms with E-state index in [2.05, 4.69) is 18.3 Å². The molecule has 3 nitrogen and oxygen atoms in total. The van der Waals surface area contributed by atoms with Crippen LogP contribution in [0.15, 0.2) is 24.3 Å². The Morgan fingerprint density at radius 2 is 2.00 bits per heavy atom. The van der Waals surface area contributed by atoms with Gasteiger partial charge in [0.15, 0.2) is 0 Å². The standard InChI is InChI=1S/C16H25NO2/c1-3-14(13-8-4-5-9-15(13)19-2)17-12-16(18)10-6-7-11-16/h4-5,8-9,14,17-18H,3,6-7,10-12H2,1-2H3. The summed E-state index contributed by atoms with van der Waals surface area (Å²) in [5.41, 5.74) is 0.671. The van der Waals surface area contributed by atoms with Crippen LogP contribution >= 0.6 is 0 Å². The third kappa shape index (κ3) is 3.48. The molecule has 1 aliphatic rings. The Morgan fingerprint density at radius 1 is 1.32 bits per heavy atom. The molecule has 0 aliphatic heterocycles. The van der Waals surface area contributed by atoms with Crippen molar-refractivity contribution in [3.8, 4) is 5.75 Å². The van der Waals surface area contributed by atoms with E-state index in [0.717, 1.165) is 37.9 Å². The number of ether oxygens (including phenoxy) is 1. The molecule has 1 aromatic carbocycles. The van der Waals surface area contributed by atoms with Gasteiger partial charge in [0.25, 0.3) is 0 Å². The Labute approximate surface area is 116 Å². The summed E-state index contributed by atoms with van der Waals surface area (Å²) in [5.74, 6) is 0.917. The van der Waals surface area contributed by atoms with E-state index in [-0.39, 0.29) is 6.04 Å². The van der Waals surface area contributed by atoms with E-state index >= 15 is 0 Å². The third-order valence-electron chi connectivity index (χ3n) is 4.13. The van der Waals surface area contributed by atoms with E-state index in [1.165, 1.54) is 5.56 Å². The number of rotatable bonds is 6. The van der Waals surface area contributed by atoms with Crippen LogP contribution in [0, 0.1) is 0 Å². The first-order chi connectivity index (χ1) is 9.18. The Bertz CT molecular complexity index is 399. The van der Waals surface area contributed by atoms with Gasteiger partial charge >= 0.3 is 0 Å². The minimum absolute atomic E-state index is 0.237. The van der Waals surface area contributed by atoms with Crippen LogP contribution in [0.1, 0.15) is 50.6 Å². The molecule has 0 saturated heterocycles. The van der Waals surface area contributed by atoms with Gasteiger partial charge in [0, 0.05) is 18.2 Å². The van der Waals surface area contributed by atoms with Gasteiger partial charge in [-0.15, -0.1) is 0 Å². The lowest BCUT2D eigenvalue weighted by molar-refractivity contribution is 0.0445. The first-order valence-electron chi connectivity index (χ1n) is 7.27. The van der Waals surface area contributed by atoms with Crippen molar-refractivity contribution in [1.29, 1.82) is 0 Å². The van der Waals surface area contributed by atoms with Crippen molar-refractivity contribution in [1.82, 2.24) is 5.32 Å². The van der Waals surface area contributed by atoms with Crippen LogP contribution in [-0.2, 0) is 0 Å². The molecule has 0 aromatic heterocycles. The number of hydrogen-bond donors (Lipinski definition) is 2. The average Bonchev–Trinajstić information content (AvgIpc) is 2.87. The number of nitrogens with one attached hydrogen (secondary N) is 1. The molecule has 1 saturated carbocycles. The number of hydrogen-bond acceptors (Lipinski definition) is 3. The Morgan fingerprint density at radius 3 is 2.63 bits per heavy atom. The molecule has 2 N–H and O–H groups in total. The summed E-state index contributed by atoms with van der Waals surface area (Å²) in [6.45, 7) is 2.83. The minimum atomic E-state index is -0.505. The van der Waals surface area contributed by atoms with Gasteiger partial charge in [0.05, 0.1) is 12.7 Å². The van der Waals surface area contributed by atoms with Crippen molar-refractivity contribution in [2.24, 2.45) is 0 Å². The highest BCUT2D eigenvalue weighted by Gasteiger charge is 2.31. The molecule has 1 unspecified atom stereocenters. The van der Waals surface area contributed by atoms with E-state index in [9.17, 15) is 5.11 Å². The number of benzene rings is 1. The maximum atomic E-state index is 10.4. The smallest absolute Gasteiger partial charge is 0.123 e. The van der Waals surface area contributed by atoms with E-state index in [1.807, 2.05) is 18.2 Å². The second-order valence-electron chi connectivity index (χ2n) is 5.52. The highest BCUT2D eigenvalue weighted by Crippen LogP contribution is 2.31. The maximum absolute atomic E-state index is 10.4. The predicted molar refractivity (Wildman–Crippen MR) is 77.4 cm³/mol. The van der Waals surface area contributed by atoms with E-state index in [0.29, 0.717) is 6.54 Å². The highest BCUT2D eigenvalue weighted by molar-refractivity contribution is 5.35. The summed E-state index contributed by atoms with van der Waals surface area (Å²) >= 11 is 0. The molecule has 1 aliphatic carbocycles. The van der Waals surface area contributed by atoms with Crippen LogP contribution in [0.3, 0.4) is 0 Å². The second kappa shape index (κ2) is 6.40. The van der Waals surface area contributed by atoms with E-state index in [4.69, 9.17) is 4.74 Å². The minimum Gasteiger partial charge on any atom is -0.496 e. The van der Waals surface area contributed by atoms with E-state index < -0.39 is 5.60 Å². The Kier molecular flexibility index (Phi) is 4.83. The normalized spacial score (nSPS) is 19.3. The highest BCUT2D eigenvalue weighted by atomic mass is 16.5. The molecule has 0 radical (unpaired) electrons. The molecule has 1 atom stereocenters. The van der Waals surface area contributed by atoms with Crippen molar-refractivity contribution in [3.05, 3.63) is 29.8 Å². The van der Waals surface area contributed by atoms with Crippen LogP contribution < -0.4 is 10.1 Å². The molecule has 106 valence electrons. The average molecular weight is 263 g/mol.